The summed E-state index contributed by atoms with van der Waals surface area (Å²) in [6, 6.07) is 0. The maximum Gasteiger partial charge on any atom is 0.225 e. The zero-order valence-corrected chi connectivity index (χ0v) is 14.1. The highest BCUT2D eigenvalue weighted by Gasteiger charge is 2.21. The molecule has 0 aliphatic rings. The molecular weight excluding hydrogens is 246 g/mol. The highest BCUT2D eigenvalue weighted by Crippen LogP contribution is 2.16. The van der Waals surface area contributed by atoms with E-state index in [1.807, 2.05) is 0 Å². The molecule has 1 amide bonds. The van der Waals surface area contributed by atoms with E-state index >= 15 is 0 Å². The first-order chi connectivity index (χ1) is 9.71. The molecule has 0 aliphatic carbocycles. The number of hydrogen-bond acceptors (Lipinski definition) is 1. The lowest BCUT2D eigenvalue weighted by Gasteiger charge is -2.27. The Morgan fingerprint density at radius 1 is 0.900 bits per heavy atom. The van der Waals surface area contributed by atoms with Crippen LogP contribution in [0.15, 0.2) is 0 Å². The number of rotatable bonds is 13. The zero-order valence-electron chi connectivity index (χ0n) is 14.1. The Morgan fingerprint density at radius 2 is 1.45 bits per heavy atom. The van der Waals surface area contributed by atoms with Crippen molar-refractivity contribution in [1.82, 2.24) is 4.90 Å². The third-order valence-corrected chi connectivity index (χ3v) is 3.96. The van der Waals surface area contributed by atoms with Gasteiger partial charge in [-0.3, -0.25) is 4.79 Å². The molecule has 1 unspecified atom stereocenters. The minimum atomic E-state index is 0.146. The Kier molecular flexibility index (Phi) is 13.1. The summed E-state index contributed by atoms with van der Waals surface area (Å²) in [5.41, 5.74) is 0. The summed E-state index contributed by atoms with van der Waals surface area (Å²) in [7, 11) is 0. The molecule has 0 heterocycles. The van der Waals surface area contributed by atoms with Gasteiger partial charge < -0.3 is 4.90 Å². The molecule has 2 nitrogen and oxygen atoms in total. The summed E-state index contributed by atoms with van der Waals surface area (Å²) in [5.74, 6) is 0.502. The fourth-order valence-electron chi connectivity index (χ4n) is 2.61. The number of nitrogens with zero attached hydrogens (tertiary/aromatic N) is 1. The molecule has 0 N–H and O–H groups in total. The molecule has 119 valence electrons. The molecular formula is C18H36NO. The van der Waals surface area contributed by atoms with Gasteiger partial charge in [0.1, 0.15) is 0 Å². The average molecular weight is 282 g/mol. The van der Waals surface area contributed by atoms with Gasteiger partial charge in [-0.15, -0.1) is 0 Å². The Labute approximate surface area is 127 Å². The molecule has 0 aliphatic heterocycles. The zero-order chi connectivity index (χ0) is 15.2. The van der Waals surface area contributed by atoms with E-state index in [4.69, 9.17) is 0 Å². The summed E-state index contributed by atoms with van der Waals surface area (Å²) in [6.45, 7) is 12.4. The van der Waals surface area contributed by atoms with Crippen molar-refractivity contribution in [3.8, 4) is 0 Å². The fourth-order valence-corrected chi connectivity index (χ4v) is 2.61. The first-order valence-electron chi connectivity index (χ1n) is 8.79. The lowest BCUT2D eigenvalue weighted by atomic mass is 9.98. The van der Waals surface area contributed by atoms with E-state index in [9.17, 15) is 4.79 Å². The quantitative estimate of drug-likeness (QED) is 0.424. The number of carbonyl (C=O) groups is 1. The highest BCUT2D eigenvalue weighted by atomic mass is 16.2. The topological polar surface area (TPSA) is 20.3 Å². The van der Waals surface area contributed by atoms with E-state index in [2.05, 4.69) is 32.6 Å². The van der Waals surface area contributed by atoms with Crippen molar-refractivity contribution in [2.45, 2.75) is 85.0 Å². The van der Waals surface area contributed by atoms with Gasteiger partial charge in [0.25, 0.3) is 0 Å². The molecule has 0 saturated heterocycles. The van der Waals surface area contributed by atoms with Gasteiger partial charge in [0.15, 0.2) is 0 Å². The van der Waals surface area contributed by atoms with Gasteiger partial charge in [0, 0.05) is 19.0 Å². The van der Waals surface area contributed by atoms with Crippen molar-refractivity contribution in [2.75, 3.05) is 13.1 Å². The standard InChI is InChI=1S/C18H36NO/c1-5-9-11-13-16-19(15-12-10-6-2)18(20)17(8-4)14-7-3/h17H,4-16H2,1-3H3. The van der Waals surface area contributed by atoms with Crippen molar-refractivity contribution in [1.29, 1.82) is 0 Å². The van der Waals surface area contributed by atoms with Crippen LogP contribution < -0.4 is 0 Å². The van der Waals surface area contributed by atoms with Crippen molar-refractivity contribution >= 4 is 5.91 Å². The lowest BCUT2D eigenvalue weighted by molar-refractivity contribution is -0.136. The number of unbranched alkanes of at least 4 members (excludes halogenated alkanes) is 5. The second-order valence-corrected chi connectivity index (χ2v) is 5.87. The molecule has 1 atom stereocenters. The predicted octanol–water partition coefficient (Wildman–Crippen LogP) is 5.23. The van der Waals surface area contributed by atoms with Crippen LogP contribution in [-0.2, 0) is 4.79 Å². The monoisotopic (exact) mass is 282 g/mol. The van der Waals surface area contributed by atoms with Crippen LogP contribution in [0.5, 0.6) is 0 Å². The van der Waals surface area contributed by atoms with Crippen LogP contribution in [-0.4, -0.2) is 23.9 Å². The predicted molar refractivity (Wildman–Crippen MR) is 88.6 cm³/mol. The van der Waals surface area contributed by atoms with Crippen molar-refractivity contribution in [2.24, 2.45) is 5.92 Å². The van der Waals surface area contributed by atoms with Crippen molar-refractivity contribution in [3.63, 3.8) is 0 Å². The average Bonchev–Trinajstić information content (AvgIpc) is 2.46. The van der Waals surface area contributed by atoms with E-state index in [-0.39, 0.29) is 5.92 Å². The van der Waals surface area contributed by atoms with Crippen LogP contribution in [0.1, 0.15) is 85.0 Å². The van der Waals surface area contributed by atoms with E-state index < -0.39 is 0 Å². The first kappa shape index (κ1) is 19.5. The Hall–Kier alpha value is -0.530. The van der Waals surface area contributed by atoms with Gasteiger partial charge in [-0.2, -0.15) is 0 Å². The van der Waals surface area contributed by atoms with Crippen LogP contribution in [0.3, 0.4) is 0 Å². The van der Waals surface area contributed by atoms with Crippen LogP contribution in [0.2, 0.25) is 0 Å². The minimum absolute atomic E-state index is 0.146. The Bertz CT molecular complexity index is 227. The van der Waals surface area contributed by atoms with Gasteiger partial charge in [0.2, 0.25) is 5.91 Å². The summed E-state index contributed by atoms with van der Waals surface area (Å²) < 4.78 is 0. The summed E-state index contributed by atoms with van der Waals surface area (Å²) >= 11 is 0. The number of carbonyl (C=O) groups excluding carboxylic acids is 1. The third kappa shape index (κ3) is 8.60. The SMILES string of the molecule is [CH2]CC(CCC)C(=O)N(CCCCC)CCCCCC. The van der Waals surface area contributed by atoms with Crippen molar-refractivity contribution in [3.05, 3.63) is 6.92 Å². The molecule has 0 rings (SSSR count). The summed E-state index contributed by atoms with van der Waals surface area (Å²) in [4.78, 5) is 14.7. The maximum absolute atomic E-state index is 12.6. The molecule has 0 spiro atoms. The maximum atomic E-state index is 12.6. The molecule has 1 radical (unpaired) electrons. The molecule has 2 heteroatoms. The van der Waals surface area contributed by atoms with E-state index in [1.54, 1.807) is 0 Å². The Balaban J connectivity index is 4.34. The van der Waals surface area contributed by atoms with E-state index in [0.29, 0.717) is 5.91 Å². The minimum Gasteiger partial charge on any atom is -0.342 e. The van der Waals surface area contributed by atoms with Crippen LogP contribution in [0, 0.1) is 12.8 Å². The summed E-state index contributed by atoms with van der Waals surface area (Å²) in [6.07, 6.45) is 11.3. The number of hydrogen-bond donors (Lipinski definition) is 0. The van der Waals surface area contributed by atoms with Crippen LogP contribution >= 0.6 is 0 Å². The smallest absolute Gasteiger partial charge is 0.225 e. The molecule has 0 aromatic carbocycles. The largest absolute Gasteiger partial charge is 0.342 e. The van der Waals surface area contributed by atoms with E-state index in [0.717, 1.165) is 45.2 Å². The summed E-state index contributed by atoms with van der Waals surface area (Å²) in [5, 5.41) is 0. The second kappa shape index (κ2) is 13.5. The first-order valence-corrected chi connectivity index (χ1v) is 8.79. The van der Waals surface area contributed by atoms with Gasteiger partial charge in [-0.25, -0.2) is 0 Å². The van der Waals surface area contributed by atoms with Crippen LogP contribution in [0.25, 0.3) is 0 Å². The molecule has 0 bridgehead atoms. The molecule has 0 aromatic heterocycles. The van der Waals surface area contributed by atoms with E-state index in [1.165, 1.54) is 32.1 Å². The van der Waals surface area contributed by atoms with Gasteiger partial charge in [-0.05, 0) is 25.7 Å². The van der Waals surface area contributed by atoms with Gasteiger partial charge >= 0.3 is 0 Å². The second-order valence-electron chi connectivity index (χ2n) is 5.87. The van der Waals surface area contributed by atoms with Gasteiger partial charge in [-0.1, -0.05) is 66.2 Å². The molecule has 20 heavy (non-hydrogen) atoms. The Morgan fingerprint density at radius 3 is 1.95 bits per heavy atom. The fraction of sp³-hybridized carbons (Fsp3) is 0.889. The third-order valence-electron chi connectivity index (χ3n) is 3.96. The van der Waals surface area contributed by atoms with Gasteiger partial charge in [0.05, 0.1) is 0 Å². The van der Waals surface area contributed by atoms with Crippen molar-refractivity contribution < 1.29 is 4.79 Å². The number of amides is 1. The normalized spacial score (nSPS) is 12.4. The molecule has 0 aromatic rings. The molecule has 0 fully saturated rings. The lowest BCUT2D eigenvalue weighted by Crippen LogP contribution is -2.37. The van der Waals surface area contributed by atoms with Crippen LogP contribution in [0.4, 0.5) is 0 Å². The highest BCUT2D eigenvalue weighted by molar-refractivity contribution is 5.78. The molecule has 0 saturated carbocycles.